The second-order valence-electron chi connectivity index (χ2n) is 4.61. The van der Waals surface area contributed by atoms with Gasteiger partial charge in [0, 0.05) is 18.3 Å². The Bertz CT molecular complexity index is 692. The highest BCUT2D eigenvalue weighted by Gasteiger charge is 2.10. The van der Waals surface area contributed by atoms with E-state index in [1.165, 1.54) is 19.4 Å². The number of anilines is 2. The Labute approximate surface area is 121 Å². The lowest BCUT2D eigenvalue weighted by molar-refractivity contribution is 0.0600. The van der Waals surface area contributed by atoms with Crippen molar-refractivity contribution in [2.24, 2.45) is 0 Å². The van der Waals surface area contributed by atoms with Gasteiger partial charge in [0.2, 0.25) is 5.43 Å². The summed E-state index contributed by atoms with van der Waals surface area (Å²) in [6, 6.07) is 8.31. The van der Waals surface area contributed by atoms with Gasteiger partial charge < -0.3 is 20.8 Å². The maximum absolute atomic E-state index is 11.5. The fourth-order valence-electron chi connectivity index (χ4n) is 1.94. The first-order valence-electron chi connectivity index (χ1n) is 6.45. The van der Waals surface area contributed by atoms with Gasteiger partial charge in [-0.1, -0.05) is 12.1 Å². The van der Waals surface area contributed by atoms with Crippen LogP contribution in [0.1, 0.15) is 28.9 Å². The standard InChI is InChI=1S/C15H17N3O3/c1-9(18-14-13(16)12(19)7-8-17-14)10-3-5-11(6-4-10)15(20)21-2/h3-9H,16H2,1-2H3,(H2,17,18,19)/t9-/m0/s1. The molecule has 0 saturated carbocycles. The molecule has 110 valence electrons. The zero-order valence-electron chi connectivity index (χ0n) is 11.8. The molecule has 4 N–H and O–H groups in total. The van der Waals surface area contributed by atoms with Crippen LogP contribution in [0.25, 0.3) is 0 Å². The summed E-state index contributed by atoms with van der Waals surface area (Å²) < 4.78 is 4.65. The monoisotopic (exact) mass is 287 g/mol. The highest BCUT2D eigenvalue weighted by atomic mass is 16.5. The van der Waals surface area contributed by atoms with Gasteiger partial charge in [-0.2, -0.15) is 0 Å². The molecule has 1 aromatic carbocycles. The second kappa shape index (κ2) is 6.13. The van der Waals surface area contributed by atoms with E-state index in [2.05, 4.69) is 15.0 Å². The number of carbonyl (C=O) groups is 1. The summed E-state index contributed by atoms with van der Waals surface area (Å²) in [4.78, 5) is 25.8. The number of nitrogens with one attached hydrogen (secondary N) is 2. The predicted molar refractivity (Wildman–Crippen MR) is 81.3 cm³/mol. The maximum Gasteiger partial charge on any atom is 0.337 e. The largest absolute Gasteiger partial charge is 0.465 e. The molecule has 0 saturated heterocycles. The summed E-state index contributed by atoms with van der Waals surface area (Å²) in [5.74, 6) is 0.103. The number of methoxy groups -OCH3 is 1. The molecule has 6 heteroatoms. The zero-order chi connectivity index (χ0) is 15.4. The summed E-state index contributed by atoms with van der Waals surface area (Å²) in [5.41, 5.74) is 7.08. The summed E-state index contributed by atoms with van der Waals surface area (Å²) in [6.07, 6.45) is 1.54. The van der Waals surface area contributed by atoms with Crippen LogP contribution in [0.3, 0.4) is 0 Å². The minimum Gasteiger partial charge on any atom is -0.465 e. The van der Waals surface area contributed by atoms with Crippen molar-refractivity contribution in [3.8, 4) is 0 Å². The zero-order valence-corrected chi connectivity index (χ0v) is 11.8. The van der Waals surface area contributed by atoms with Gasteiger partial charge in [-0.15, -0.1) is 0 Å². The number of nitrogen functional groups attached to an aromatic ring is 1. The molecule has 0 amide bonds. The molecule has 0 bridgehead atoms. The third kappa shape index (κ3) is 3.22. The Morgan fingerprint density at radius 1 is 1.29 bits per heavy atom. The molecule has 0 spiro atoms. The first-order chi connectivity index (χ1) is 10.0. The van der Waals surface area contributed by atoms with Crippen molar-refractivity contribution in [1.29, 1.82) is 0 Å². The van der Waals surface area contributed by atoms with Crippen LogP contribution >= 0.6 is 0 Å². The van der Waals surface area contributed by atoms with Crippen LogP contribution in [-0.4, -0.2) is 18.1 Å². The molecule has 1 heterocycles. The SMILES string of the molecule is COC(=O)c1ccc([C@H](C)Nc2[nH]ccc(=O)c2N)cc1. The molecule has 0 aliphatic heterocycles. The molecule has 0 fully saturated rings. The Morgan fingerprint density at radius 2 is 1.95 bits per heavy atom. The molecule has 0 aliphatic carbocycles. The Kier molecular flexibility index (Phi) is 4.27. The Morgan fingerprint density at radius 3 is 2.57 bits per heavy atom. The highest BCUT2D eigenvalue weighted by Crippen LogP contribution is 2.20. The molecular formula is C15H17N3O3. The van der Waals surface area contributed by atoms with E-state index in [1.54, 1.807) is 12.1 Å². The van der Waals surface area contributed by atoms with Gasteiger partial charge in [-0.25, -0.2) is 4.79 Å². The Balaban J connectivity index is 2.17. The number of hydrogen-bond donors (Lipinski definition) is 3. The van der Waals surface area contributed by atoms with Gasteiger partial charge in [0.05, 0.1) is 12.7 Å². The van der Waals surface area contributed by atoms with Crippen LogP contribution in [0.15, 0.2) is 41.3 Å². The minimum atomic E-state index is -0.376. The van der Waals surface area contributed by atoms with Crippen LogP contribution in [0.5, 0.6) is 0 Å². The van der Waals surface area contributed by atoms with Crippen molar-refractivity contribution in [2.75, 3.05) is 18.2 Å². The average Bonchev–Trinajstić information content (AvgIpc) is 2.51. The topological polar surface area (TPSA) is 97.2 Å². The van der Waals surface area contributed by atoms with E-state index >= 15 is 0 Å². The molecule has 0 aliphatic rings. The van der Waals surface area contributed by atoms with Gasteiger partial charge in [0.1, 0.15) is 11.5 Å². The number of benzene rings is 1. The van der Waals surface area contributed by atoms with E-state index in [9.17, 15) is 9.59 Å². The van der Waals surface area contributed by atoms with Crippen LogP contribution in [-0.2, 0) is 4.74 Å². The number of aromatic nitrogens is 1. The molecule has 0 unspecified atom stereocenters. The van der Waals surface area contributed by atoms with Crippen LogP contribution in [0.2, 0.25) is 0 Å². The molecule has 1 atom stereocenters. The van der Waals surface area contributed by atoms with E-state index in [0.29, 0.717) is 11.4 Å². The Hall–Kier alpha value is -2.76. The smallest absolute Gasteiger partial charge is 0.337 e. The van der Waals surface area contributed by atoms with E-state index in [0.717, 1.165) is 5.56 Å². The first kappa shape index (κ1) is 14.6. The first-order valence-corrected chi connectivity index (χ1v) is 6.45. The summed E-state index contributed by atoms with van der Waals surface area (Å²) >= 11 is 0. The van der Waals surface area contributed by atoms with Crippen molar-refractivity contribution in [2.45, 2.75) is 13.0 Å². The number of hydrogen-bond acceptors (Lipinski definition) is 5. The number of aromatic amines is 1. The molecule has 21 heavy (non-hydrogen) atoms. The third-order valence-electron chi connectivity index (χ3n) is 3.19. The van der Waals surface area contributed by atoms with E-state index in [1.807, 2.05) is 19.1 Å². The van der Waals surface area contributed by atoms with E-state index in [4.69, 9.17) is 5.73 Å². The van der Waals surface area contributed by atoms with Crippen molar-refractivity contribution >= 4 is 17.5 Å². The summed E-state index contributed by atoms with van der Waals surface area (Å²) in [5, 5.41) is 3.13. The molecule has 0 radical (unpaired) electrons. The maximum atomic E-state index is 11.5. The number of H-pyrrole nitrogens is 1. The number of ether oxygens (including phenoxy) is 1. The van der Waals surface area contributed by atoms with Crippen molar-refractivity contribution in [1.82, 2.24) is 4.98 Å². The molecule has 2 rings (SSSR count). The molecular weight excluding hydrogens is 270 g/mol. The highest BCUT2D eigenvalue weighted by molar-refractivity contribution is 5.89. The van der Waals surface area contributed by atoms with Gasteiger partial charge in [-0.05, 0) is 24.6 Å². The van der Waals surface area contributed by atoms with Crippen LogP contribution in [0, 0.1) is 0 Å². The van der Waals surface area contributed by atoms with Gasteiger partial charge >= 0.3 is 5.97 Å². The molecule has 2 aromatic rings. The van der Waals surface area contributed by atoms with Gasteiger partial charge in [-0.3, -0.25) is 4.79 Å². The lowest BCUT2D eigenvalue weighted by Crippen LogP contribution is -2.15. The number of esters is 1. The predicted octanol–water partition coefficient (Wildman–Crippen LogP) is 1.92. The van der Waals surface area contributed by atoms with Crippen molar-refractivity contribution in [3.05, 3.63) is 57.9 Å². The van der Waals surface area contributed by atoms with Gasteiger partial charge in [0.25, 0.3) is 0 Å². The lowest BCUT2D eigenvalue weighted by Gasteiger charge is -2.16. The number of pyridine rings is 1. The molecule has 1 aromatic heterocycles. The fraction of sp³-hybridized carbons (Fsp3) is 0.200. The van der Waals surface area contributed by atoms with Crippen molar-refractivity contribution < 1.29 is 9.53 Å². The van der Waals surface area contributed by atoms with Crippen LogP contribution in [0.4, 0.5) is 11.5 Å². The third-order valence-corrected chi connectivity index (χ3v) is 3.19. The van der Waals surface area contributed by atoms with E-state index in [-0.39, 0.29) is 23.1 Å². The van der Waals surface area contributed by atoms with Crippen LogP contribution < -0.4 is 16.5 Å². The van der Waals surface area contributed by atoms with E-state index < -0.39 is 0 Å². The number of carbonyl (C=O) groups excluding carboxylic acids is 1. The number of rotatable bonds is 4. The van der Waals surface area contributed by atoms with Crippen molar-refractivity contribution in [3.63, 3.8) is 0 Å². The quantitative estimate of drug-likeness (QED) is 0.746. The number of nitrogens with two attached hydrogens (primary N) is 1. The second-order valence-corrected chi connectivity index (χ2v) is 4.61. The summed E-state index contributed by atoms with van der Waals surface area (Å²) in [7, 11) is 1.34. The normalized spacial score (nSPS) is 11.7. The summed E-state index contributed by atoms with van der Waals surface area (Å²) in [6.45, 7) is 1.93. The molecule has 6 nitrogen and oxygen atoms in total. The average molecular weight is 287 g/mol. The minimum absolute atomic E-state index is 0.0861. The van der Waals surface area contributed by atoms with Gasteiger partial charge in [0.15, 0.2) is 0 Å². The lowest BCUT2D eigenvalue weighted by atomic mass is 10.1. The fourth-order valence-corrected chi connectivity index (χ4v) is 1.94.